The minimum absolute atomic E-state index is 0.177. The summed E-state index contributed by atoms with van der Waals surface area (Å²) in [7, 11) is 0. The molecule has 2 aromatic heterocycles. The third-order valence-corrected chi connectivity index (χ3v) is 8.78. The third kappa shape index (κ3) is 3.76. The molecule has 6 heteroatoms. The van der Waals surface area contributed by atoms with Gasteiger partial charge in [0.15, 0.2) is 0 Å². The monoisotopic (exact) mass is 485 g/mol. The second kappa shape index (κ2) is 8.68. The van der Waals surface area contributed by atoms with Crippen LogP contribution in [0.2, 0.25) is 0 Å². The van der Waals surface area contributed by atoms with E-state index in [1.165, 1.54) is 39.9 Å². The van der Waals surface area contributed by atoms with Gasteiger partial charge >= 0.3 is 6.03 Å². The van der Waals surface area contributed by atoms with Gasteiger partial charge in [-0.2, -0.15) is 0 Å². The molecule has 2 aliphatic rings. The Morgan fingerprint density at radius 1 is 1.03 bits per heavy atom. The van der Waals surface area contributed by atoms with Crippen LogP contribution in [0.1, 0.15) is 57.3 Å². The first-order valence-electron chi connectivity index (χ1n) is 12.2. The van der Waals surface area contributed by atoms with E-state index in [2.05, 4.69) is 22.1 Å². The topological polar surface area (TPSA) is 37.3 Å². The predicted molar refractivity (Wildman–Crippen MR) is 139 cm³/mol. The number of aryl methyl sites for hydroxylation is 2. The zero-order chi connectivity index (χ0) is 24.1. The van der Waals surface area contributed by atoms with Crippen LogP contribution in [0, 0.1) is 19.7 Å². The molecule has 0 radical (unpaired) electrons. The number of rotatable bonds is 2. The number of halogens is 1. The summed E-state index contributed by atoms with van der Waals surface area (Å²) in [6.07, 6.45) is 6.62. The highest BCUT2D eigenvalue weighted by atomic mass is 32.1. The lowest BCUT2D eigenvalue weighted by Gasteiger charge is -2.31. The smallest absolute Gasteiger partial charge is 0.310 e. The van der Waals surface area contributed by atoms with Gasteiger partial charge in [0.1, 0.15) is 10.8 Å². The van der Waals surface area contributed by atoms with E-state index in [4.69, 9.17) is 0 Å². The SMILES string of the molecule is Cc1cccc(NC(=O)N2Cc3c(sc4c3CCCC4)-n3cccc3C2c2cccc(F)c2)c1C. The number of nitrogens with one attached hydrogen (secondary N) is 1. The molecule has 0 fully saturated rings. The van der Waals surface area contributed by atoms with E-state index in [0.717, 1.165) is 40.9 Å². The zero-order valence-electron chi connectivity index (χ0n) is 20.0. The molecule has 4 nitrogen and oxygen atoms in total. The van der Waals surface area contributed by atoms with E-state index >= 15 is 0 Å². The number of aromatic nitrogens is 1. The van der Waals surface area contributed by atoms with Gasteiger partial charge in [0.25, 0.3) is 0 Å². The number of carbonyl (C=O) groups excluding carboxylic acids is 1. The third-order valence-electron chi connectivity index (χ3n) is 7.45. The lowest BCUT2D eigenvalue weighted by atomic mass is 9.95. The van der Waals surface area contributed by atoms with Crippen molar-refractivity contribution < 1.29 is 9.18 Å². The zero-order valence-corrected chi connectivity index (χ0v) is 20.8. The summed E-state index contributed by atoms with van der Waals surface area (Å²) < 4.78 is 16.6. The van der Waals surface area contributed by atoms with Crippen LogP contribution in [0.15, 0.2) is 60.8 Å². The van der Waals surface area contributed by atoms with Gasteiger partial charge in [-0.25, -0.2) is 9.18 Å². The van der Waals surface area contributed by atoms with Gasteiger partial charge in [0.2, 0.25) is 0 Å². The standard InChI is InChI=1S/C29H28FN3OS/c1-18-8-5-12-24(19(18)2)31-29(34)33-17-23-22-11-3-4-14-26(22)35-28(23)32-15-7-13-25(32)27(33)20-9-6-10-21(30)16-20/h5-10,12-13,15-16,27H,3-4,11,14,17H2,1-2H3,(H,31,34). The Labute approximate surface area is 209 Å². The van der Waals surface area contributed by atoms with E-state index < -0.39 is 6.04 Å². The Hall–Kier alpha value is -3.38. The molecular formula is C29H28FN3OS. The number of nitrogens with zero attached hydrogens (tertiary/aromatic N) is 2. The van der Waals surface area contributed by atoms with Crippen molar-refractivity contribution in [2.75, 3.05) is 5.32 Å². The first-order chi connectivity index (χ1) is 17.0. The summed E-state index contributed by atoms with van der Waals surface area (Å²) >= 11 is 1.85. The molecule has 3 heterocycles. The van der Waals surface area contributed by atoms with Crippen LogP contribution in [0.4, 0.5) is 14.9 Å². The highest BCUT2D eigenvalue weighted by molar-refractivity contribution is 7.15. The van der Waals surface area contributed by atoms with Gasteiger partial charge in [0, 0.05) is 22.3 Å². The molecule has 1 unspecified atom stereocenters. The van der Waals surface area contributed by atoms with Gasteiger partial charge in [-0.05, 0) is 92.1 Å². The van der Waals surface area contributed by atoms with Crippen molar-refractivity contribution in [3.63, 3.8) is 0 Å². The van der Waals surface area contributed by atoms with Crippen molar-refractivity contribution in [3.8, 4) is 5.00 Å². The van der Waals surface area contributed by atoms with Crippen LogP contribution in [0.25, 0.3) is 5.00 Å². The molecule has 4 aromatic rings. The molecular weight excluding hydrogens is 457 g/mol. The van der Waals surface area contributed by atoms with Gasteiger partial charge in [-0.15, -0.1) is 11.3 Å². The van der Waals surface area contributed by atoms with Crippen molar-refractivity contribution in [1.82, 2.24) is 9.47 Å². The number of hydrogen-bond donors (Lipinski definition) is 1. The van der Waals surface area contributed by atoms with Crippen LogP contribution >= 0.6 is 11.3 Å². The second-order valence-electron chi connectivity index (χ2n) is 9.56. The van der Waals surface area contributed by atoms with Crippen molar-refractivity contribution >= 4 is 23.1 Å². The normalized spacial score (nSPS) is 16.8. The number of thiophene rings is 1. The van der Waals surface area contributed by atoms with Crippen molar-refractivity contribution in [3.05, 3.63) is 105 Å². The fourth-order valence-electron chi connectivity index (χ4n) is 5.49. The fourth-order valence-corrected chi connectivity index (χ4v) is 6.89. The summed E-state index contributed by atoms with van der Waals surface area (Å²) in [5, 5.41) is 4.37. The van der Waals surface area contributed by atoms with Gasteiger partial charge in [-0.1, -0.05) is 24.3 Å². The molecule has 2 amide bonds. The first kappa shape index (κ1) is 22.1. The summed E-state index contributed by atoms with van der Waals surface area (Å²) in [5.74, 6) is -0.299. The average molecular weight is 486 g/mol. The maximum atomic E-state index is 14.4. The van der Waals surface area contributed by atoms with Gasteiger partial charge in [-0.3, -0.25) is 0 Å². The van der Waals surface area contributed by atoms with Gasteiger partial charge in [0.05, 0.1) is 18.3 Å². The number of benzene rings is 2. The van der Waals surface area contributed by atoms with Crippen LogP contribution in [0.5, 0.6) is 0 Å². The number of amides is 2. The highest BCUT2D eigenvalue weighted by Gasteiger charge is 2.36. The minimum Gasteiger partial charge on any atom is -0.310 e. The number of hydrogen-bond acceptors (Lipinski definition) is 2. The molecule has 6 rings (SSSR count). The molecule has 0 spiro atoms. The largest absolute Gasteiger partial charge is 0.322 e. The molecule has 0 saturated heterocycles. The molecule has 1 atom stereocenters. The van der Waals surface area contributed by atoms with E-state index in [0.29, 0.717) is 6.54 Å². The molecule has 0 saturated carbocycles. The number of carbonyl (C=O) groups is 1. The van der Waals surface area contributed by atoms with E-state index in [1.807, 2.05) is 60.4 Å². The number of fused-ring (bicyclic) bond motifs is 5. The molecule has 1 N–H and O–H groups in total. The van der Waals surface area contributed by atoms with Crippen LogP contribution in [0.3, 0.4) is 0 Å². The molecule has 35 heavy (non-hydrogen) atoms. The molecule has 1 aliphatic heterocycles. The lowest BCUT2D eigenvalue weighted by molar-refractivity contribution is 0.194. The Balaban J connectivity index is 1.51. The predicted octanol–water partition coefficient (Wildman–Crippen LogP) is 7.31. The quantitative estimate of drug-likeness (QED) is 0.318. The molecule has 1 aliphatic carbocycles. The second-order valence-corrected chi connectivity index (χ2v) is 10.6. The highest BCUT2D eigenvalue weighted by Crippen LogP contribution is 2.44. The maximum absolute atomic E-state index is 14.4. The summed E-state index contributed by atoms with van der Waals surface area (Å²) in [4.78, 5) is 17.3. The van der Waals surface area contributed by atoms with Crippen molar-refractivity contribution in [1.29, 1.82) is 0 Å². The van der Waals surface area contributed by atoms with E-state index in [9.17, 15) is 9.18 Å². The van der Waals surface area contributed by atoms with Crippen molar-refractivity contribution in [2.24, 2.45) is 0 Å². The average Bonchev–Trinajstić information content (AvgIpc) is 3.44. The summed E-state index contributed by atoms with van der Waals surface area (Å²) in [5.41, 5.74) is 7.37. The van der Waals surface area contributed by atoms with Crippen LogP contribution in [-0.2, 0) is 19.4 Å². The molecule has 178 valence electrons. The Kier molecular flexibility index (Phi) is 5.49. The molecule has 0 bridgehead atoms. The maximum Gasteiger partial charge on any atom is 0.322 e. The van der Waals surface area contributed by atoms with Crippen molar-refractivity contribution in [2.45, 2.75) is 52.1 Å². The minimum atomic E-state index is -0.412. The van der Waals surface area contributed by atoms with Crippen LogP contribution in [-0.4, -0.2) is 15.5 Å². The lowest BCUT2D eigenvalue weighted by Crippen LogP contribution is -2.38. The first-order valence-corrected chi connectivity index (χ1v) is 13.0. The Morgan fingerprint density at radius 3 is 2.71 bits per heavy atom. The molecule has 2 aromatic carbocycles. The number of urea groups is 1. The Bertz CT molecular complexity index is 1440. The van der Waals surface area contributed by atoms with E-state index in [1.54, 1.807) is 12.1 Å². The Morgan fingerprint density at radius 2 is 1.86 bits per heavy atom. The van der Waals surface area contributed by atoms with Gasteiger partial charge < -0.3 is 14.8 Å². The summed E-state index contributed by atoms with van der Waals surface area (Å²) in [6, 6.07) is 16.1. The summed E-state index contributed by atoms with van der Waals surface area (Å²) in [6.45, 7) is 4.56. The van der Waals surface area contributed by atoms with E-state index in [-0.39, 0.29) is 11.8 Å². The van der Waals surface area contributed by atoms with Crippen LogP contribution < -0.4 is 5.32 Å². The number of anilines is 1. The fraction of sp³-hybridized carbons (Fsp3) is 0.276.